The molecule has 48 heavy (non-hydrogen) atoms. The van der Waals surface area contributed by atoms with Crippen LogP contribution in [0.1, 0.15) is 181 Å². The molecule has 0 bridgehead atoms. The third-order valence-electron chi connectivity index (χ3n) is 8.78. The summed E-state index contributed by atoms with van der Waals surface area (Å²) >= 11 is 0. The van der Waals surface area contributed by atoms with E-state index < -0.39 is 18.2 Å². The van der Waals surface area contributed by atoms with E-state index in [4.69, 9.17) is 0 Å². The van der Waals surface area contributed by atoms with Gasteiger partial charge in [0.05, 0.1) is 31.3 Å². The predicted octanol–water partition coefficient (Wildman–Crippen LogP) is 11.1. The number of aliphatic hydroxyl groups excluding tert-OH is 3. The molecule has 0 fully saturated rings. The van der Waals surface area contributed by atoms with Crippen LogP contribution in [0.3, 0.4) is 0 Å². The highest BCUT2D eigenvalue weighted by molar-refractivity contribution is 5.76. The monoisotopic (exact) mass is 672 g/mol. The van der Waals surface area contributed by atoms with Crippen molar-refractivity contribution in [2.24, 2.45) is 0 Å². The third-order valence-corrected chi connectivity index (χ3v) is 8.78. The van der Waals surface area contributed by atoms with Gasteiger partial charge in [0.1, 0.15) is 0 Å². The third kappa shape index (κ3) is 33.9. The minimum Gasteiger partial charge on any atom is -0.394 e. The van der Waals surface area contributed by atoms with Gasteiger partial charge in [-0.3, -0.25) is 4.79 Å². The van der Waals surface area contributed by atoms with Crippen LogP contribution >= 0.6 is 0 Å². The van der Waals surface area contributed by atoms with Gasteiger partial charge in [0.2, 0.25) is 5.91 Å². The maximum Gasteiger partial charge on any atom is 0.222 e. The van der Waals surface area contributed by atoms with Gasteiger partial charge < -0.3 is 20.6 Å². The van der Waals surface area contributed by atoms with Crippen LogP contribution in [0.4, 0.5) is 0 Å². The molecule has 0 aromatic carbocycles. The van der Waals surface area contributed by atoms with Crippen molar-refractivity contribution in [3.63, 3.8) is 0 Å². The van der Waals surface area contributed by atoms with Gasteiger partial charge in [0, 0.05) is 0 Å². The first kappa shape index (κ1) is 46.0. The van der Waals surface area contributed by atoms with Crippen LogP contribution in [-0.2, 0) is 4.79 Å². The van der Waals surface area contributed by atoms with Gasteiger partial charge in [-0.15, -0.1) is 0 Å². The van der Waals surface area contributed by atoms with Crippen molar-refractivity contribution in [2.45, 2.75) is 199 Å². The molecule has 1 amide bonds. The van der Waals surface area contributed by atoms with Gasteiger partial charge in [-0.25, -0.2) is 0 Å². The fourth-order valence-electron chi connectivity index (χ4n) is 5.65. The molecule has 0 aliphatic heterocycles. The molecule has 0 radical (unpaired) electrons. The lowest BCUT2D eigenvalue weighted by Crippen LogP contribution is -2.45. The molecule has 5 heteroatoms. The van der Waals surface area contributed by atoms with Crippen LogP contribution in [0, 0.1) is 0 Å². The van der Waals surface area contributed by atoms with Crippen molar-refractivity contribution in [1.29, 1.82) is 0 Å². The maximum absolute atomic E-state index is 12.4. The summed E-state index contributed by atoms with van der Waals surface area (Å²) < 4.78 is 0. The summed E-state index contributed by atoms with van der Waals surface area (Å²) in [5, 5.41) is 33.1. The molecule has 278 valence electrons. The molecule has 5 nitrogen and oxygen atoms in total. The van der Waals surface area contributed by atoms with Crippen LogP contribution in [0.5, 0.6) is 0 Å². The SMILES string of the molecule is CCCCC/C=C\C=C/CCCCCCC(O)CC(=O)NC(CO)C(O)/C=C/CC/C=C/CC/C=C/CCCCCCCCCCCC. The Morgan fingerprint density at radius 2 is 0.958 bits per heavy atom. The molecule has 0 aromatic heterocycles. The van der Waals surface area contributed by atoms with E-state index in [1.165, 1.54) is 89.9 Å². The smallest absolute Gasteiger partial charge is 0.222 e. The molecule has 0 heterocycles. The molecule has 0 rings (SSSR count). The van der Waals surface area contributed by atoms with E-state index in [0.29, 0.717) is 6.42 Å². The minimum atomic E-state index is -0.966. The van der Waals surface area contributed by atoms with Crippen LogP contribution in [0.25, 0.3) is 0 Å². The lowest BCUT2D eigenvalue weighted by Gasteiger charge is -2.20. The topological polar surface area (TPSA) is 89.8 Å². The zero-order valence-corrected chi connectivity index (χ0v) is 31.3. The van der Waals surface area contributed by atoms with Gasteiger partial charge in [0.15, 0.2) is 0 Å². The Labute approximate surface area is 297 Å². The average molecular weight is 672 g/mol. The first-order valence-corrected chi connectivity index (χ1v) is 20.1. The highest BCUT2D eigenvalue weighted by Gasteiger charge is 2.20. The Kier molecular flexibility index (Phi) is 36.3. The standard InChI is InChI=1S/C43H77NO4/c1-3-5-7-9-11-13-15-17-18-19-20-21-22-23-25-27-29-31-33-35-37-42(47)41(39-45)44-43(48)38-40(46)36-34-32-30-28-26-24-16-14-12-10-8-6-4-2/h12,14,16,21-22,24,27,29,35,37,40-42,45-47H,3-11,13,15,17-20,23,25-26,28,30-34,36,38-39H2,1-2H3,(H,44,48)/b14-12-,22-21+,24-16-,29-27+,37-35+. The second-order valence-corrected chi connectivity index (χ2v) is 13.5. The molecule has 0 saturated heterocycles. The number of carbonyl (C=O) groups is 1. The van der Waals surface area contributed by atoms with Gasteiger partial charge in [-0.05, 0) is 70.6 Å². The molecular formula is C43H77NO4. The van der Waals surface area contributed by atoms with Crippen molar-refractivity contribution in [2.75, 3.05) is 6.61 Å². The van der Waals surface area contributed by atoms with Gasteiger partial charge in [-0.1, -0.05) is 164 Å². The predicted molar refractivity (Wildman–Crippen MR) is 208 cm³/mol. The summed E-state index contributed by atoms with van der Waals surface area (Å²) in [5.74, 6) is -0.345. The first-order chi connectivity index (χ1) is 23.5. The number of hydrogen-bond acceptors (Lipinski definition) is 4. The normalized spacial score (nSPS) is 14.4. The molecular weight excluding hydrogens is 594 g/mol. The number of hydrogen-bond donors (Lipinski definition) is 4. The van der Waals surface area contributed by atoms with Crippen molar-refractivity contribution < 1.29 is 20.1 Å². The zero-order chi connectivity index (χ0) is 35.2. The van der Waals surface area contributed by atoms with E-state index >= 15 is 0 Å². The fourth-order valence-corrected chi connectivity index (χ4v) is 5.65. The van der Waals surface area contributed by atoms with Crippen molar-refractivity contribution in [3.8, 4) is 0 Å². The average Bonchev–Trinajstić information content (AvgIpc) is 3.08. The molecule has 0 aliphatic rings. The molecule has 0 spiro atoms. The Bertz CT molecular complexity index is 831. The number of unbranched alkanes of at least 4 members (excludes halogenated alkanes) is 19. The summed E-state index contributed by atoms with van der Waals surface area (Å²) in [6, 6.07) is -0.775. The van der Waals surface area contributed by atoms with Gasteiger partial charge >= 0.3 is 0 Å². The van der Waals surface area contributed by atoms with Crippen LogP contribution in [0.2, 0.25) is 0 Å². The second-order valence-electron chi connectivity index (χ2n) is 13.5. The van der Waals surface area contributed by atoms with Crippen LogP contribution in [-0.4, -0.2) is 46.1 Å². The fraction of sp³-hybridized carbons (Fsp3) is 0.744. The Morgan fingerprint density at radius 1 is 0.542 bits per heavy atom. The van der Waals surface area contributed by atoms with E-state index in [2.05, 4.69) is 67.8 Å². The van der Waals surface area contributed by atoms with Crippen molar-refractivity contribution in [3.05, 3.63) is 60.8 Å². The van der Waals surface area contributed by atoms with Gasteiger partial charge in [0.25, 0.3) is 0 Å². The highest BCUT2D eigenvalue weighted by atomic mass is 16.3. The van der Waals surface area contributed by atoms with E-state index in [1.807, 2.05) is 6.08 Å². The molecule has 0 saturated carbocycles. The number of carbonyl (C=O) groups excluding carboxylic acids is 1. The van der Waals surface area contributed by atoms with E-state index in [0.717, 1.165) is 64.2 Å². The number of nitrogens with one attached hydrogen (secondary N) is 1. The van der Waals surface area contributed by atoms with E-state index in [9.17, 15) is 20.1 Å². The highest BCUT2D eigenvalue weighted by Crippen LogP contribution is 2.12. The maximum atomic E-state index is 12.4. The summed E-state index contributed by atoms with van der Waals surface area (Å²) in [4.78, 5) is 12.4. The molecule has 3 unspecified atom stereocenters. The number of rotatable bonds is 35. The molecule has 0 aliphatic carbocycles. The lowest BCUT2D eigenvalue weighted by atomic mass is 10.0. The summed E-state index contributed by atoms with van der Waals surface area (Å²) in [5.41, 5.74) is 0. The summed E-state index contributed by atoms with van der Waals surface area (Å²) in [6.07, 6.45) is 49.2. The van der Waals surface area contributed by atoms with Crippen LogP contribution in [0.15, 0.2) is 60.8 Å². The van der Waals surface area contributed by atoms with Crippen molar-refractivity contribution in [1.82, 2.24) is 5.32 Å². The summed E-state index contributed by atoms with van der Waals surface area (Å²) in [6.45, 7) is 4.14. The van der Waals surface area contributed by atoms with Crippen molar-refractivity contribution >= 4 is 5.91 Å². The minimum absolute atomic E-state index is 0.0143. The quantitative estimate of drug-likeness (QED) is 0.0307. The zero-order valence-electron chi connectivity index (χ0n) is 31.3. The molecule has 3 atom stereocenters. The number of amides is 1. The molecule has 4 N–H and O–H groups in total. The van der Waals surface area contributed by atoms with E-state index in [1.54, 1.807) is 6.08 Å². The van der Waals surface area contributed by atoms with Crippen LogP contribution < -0.4 is 5.32 Å². The van der Waals surface area contributed by atoms with E-state index in [-0.39, 0.29) is 18.9 Å². The Hall–Kier alpha value is -1.95. The Balaban J connectivity index is 3.83. The lowest BCUT2D eigenvalue weighted by molar-refractivity contribution is -0.124. The second kappa shape index (κ2) is 37.9. The molecule has 0 aromatic rings. The largest absolute Gasteiger partial charge is 0.394 e. The van der Waals surface area contributed by atoms with Gasteiger partial charge in [-0.2, -0.15) is 0 Å². The summed E-state index contributed by atoms with van der Waals surface area (Å²) in [7, 11) is 0. The number of allylic oxidation sites excluding steroid dienone is 9. The number of aliphatic hydroxyl groups is 3. The Morgan fingerprint density at radius 3 is 1.50 bits per heavy atom. The first-order valence-electron chi connectivity index (χ1n) is 20.1.